The van der Waals surface area contributed by atoms with Gasteiger partial charge < -0.3 is 4.74 Å². The van der Waals surface area contributed by atoms with Gasteiger partial charge in [0, 0.05) is 0 Å². The molecule has 0 spiro atoms. The molecule has 0 saturated carbocycles. The fraction of sp³-hybridized carbons (Fsp3) is 0.273. The van der Waals surface area contributed by atoms with Gasteiger partial charge in [-0.05, 0) is 19.1 Å². The van der Waals surface area contributed by atoms with Gasteiger partial charge in [-0.2, -0.15) is 18.4 Å². The zero-order chi connectivity index (χ0) is 13.9. The second-order valence-electron chi connectivity index (χ2n) is 3.18. The molecule has 0 heterocycles. The molecule has 3 nitrogen and oxygen atoms in total. The van der Waals surface area contributed by atoms with E-state index >= 15 is 0 Å². The first-order valence-corrected chi connectivity index (χ1v) is 4.79. The Morgan fingerprint density at radius 2 is 2.06 bits per heavy atom. The lowest BCUT2D eigenvalue weighted by Gasteiger charge is -2.13. The molecule has 1 rings (SSSR count). The van der Waals surface area contributed by atoms with Crippen LogP contribution in [0.5, 0.6) is 0 Å². The molecule has 0 fully saturated rings. The van der Waals surface area contributed by atoms with Gasteiger partial charge in [0.2, 0.25) is 0 Å². The van der Waals surface area contributed by atoms with E-state index in [1.165, 1.54) is 13.0 Å². The van der Waals surface area contributed by atoms with E-state index in [9.17, 15) is 22.4 Å². The smallest absolute Gasteiger partial charge is 0.417 e. The number of halogens is 4. The minimum absolute atomic E-state index is 0.202. The van der Waals surface area contributed by atoms with Crippen LogP contribution in [0.15, 0.2) is 12.1 Å². The Balaban J connectivity index is 3.51. The number of ether oxygens (including phenoxy) is 1. The molecule has 0 aliphatic heterocycles. The highest BCUT2D eigenvalue weighted by atomic mass is 19.4. The molecule has 1 aromatic carbocycles. The van der Waals surface area contributed by atoms with Crippen molar-refractivity contribution in [2.45, 2.75) is 13.1 Å². The lowest BCUT2D eigenvalue weighted by Crippen LogP contribution is -2.18. The standard InChI is InChI=1S/C11H7F4NO2/c1-2-18-10(17)8-7(11(13,14)15)4-3-6(5-16)9(8)12/h3-4H,2H2,1H3. The highest BCUT2D eigenvalue weighted by Crippen LogP contribution is 2.34. The van der Waals surface area contributed by atoms with Crippen LogP contribution in [0.2, 0.25) is 0 Å². The summed E-state index contributed by atoms with van der Waals surface area (Å²) < 4.78 is 55.8. The number of nitriles is 1. The Kier molecular flexibility index (Phi) is 3.91. The average molecular weight is 261 g/mol. The molecule has 0 bridgehead atoms. The van der Waals surface area contributed by atoms with Crippen LogP contribution in [0, 0.1) is 17.1 Å². The topological polar surface area (TPSA) is 50.1 Å². The van der Waals surface area contributed by atoms with Crippen LogP contribution in [0.3, 0.4) is 0 Å². The zero-order valence-corrected chi connectivity index (χ0v) is 9.14. The Hall–Kier alpha value is -2.10. The van der Waals surface area contributed by atoms with E-state index in [0.29, 0.717) is 12.1 Å². The number of hydrogen-bond donors (Lipinski definition) is 0. The Morgan fingerprint density at radius 3 is 2.50 bits per heavy atom. The van der Waals surface area contributed by atoms with Crippen molar-refractivity contribution < 1.29 is 27.1 Å². The predicted molar refractivity (Wildman–Crippen MR) is 52.1 cm³/mol. The summed E-state index contributed by atoms with van der Waals surface area (Å²) in [6, 6.07) is 2.51. The number of benzene rings is 1. The maximum atomic E-state index is 13.6. The molecule has 0 unspecified atom stereocenters. The van der Waals surface area contributed by atoms with Gasteiger partial charge in [-0.15, -0.1) is 0 Å². The molecular weight excluding hydrogens is 254 g/mol. The average Bonchev–Trinajstić information content (AvgIpc) is 2.27. The van der Waals surface area contributed by atoms with Gasteiger partial charge in [-0.25, -0.2) is 9.18 Å². The van der Waals surface area contributed by atoms with E-state index in [-0.39, 0.29) is 6.61 Å². The Bertz CT molecular complexity index is 517. The minimum Gasteiger partial charge on any atom is -0.462 e. The summed E-state index contributed by atoms with van der Waals surface area (Å²) in [5, 5.41) is 8.52. The van der Waals surface area contributed by atoms with Crippen LogP contribution >= 0.6 is 0 Å². The lowest BCUT2D eigenvalue weighted by atomic mass is 10.0. The predicted octanol–water partition coefficient (Wildman–Crippen LogP) is 2.89. The van der Waals surface area contributed by atoms with Gasteiger partial charge in [-0.3, -0.25) is 0 Å². The van der Waals surface area contributed by atoms with Crippen LogP contribution in [-0.2, 0) is 10.9 Å². The molecule has 0 saturated heterocycles. The molecule has 0 radical (unpaired) electrons. The Morgan fingerprint density at radius 1 is 1.44 bits per heavy atom. The maximum Gasteiger partial charge on any atom is 0.417 e. The second-order valence-corrected chi connectivity index (χ2v) is 3.18. The van der Waals surface area contributed by atoms with Crippen LogP contribution in [0.4, 0.5) is 17.6 Å². The van der Waals surface area contributed by atoms with Crippen molar-refractivity contribution in [2.75, 3.05) is 6.61 Å². The molecule has 7 heteroatoms. The van der Waals surface area contributed by atoms with Gasteiger partial charge in [0.05, 0.1) is 17.7 Å². The molecule has 0 N–H and O–H groups in total. The van der Waals surface area contributed by atoms with Gasteiger partial charge in [0.1, 0.15) is 11.6 Å². The molecule has 0 aromatic heterocycles. The van der Waals surface area contributed by atoms with Crippen molar-refractivity contribution in [3.05, 3.63) is 34.6 Å². The van der Waals surface area contributed by atoms with Crippen molar-refractivity contribution in [1.82, 2.24) is 0 Å². The monoisotopic (exact) mass is 261 g/mol. The summed E-state index contributed by atoms with van der Waals surface area (Å²) >= 11 is 0. The van der Waals surface area contributed by atoms with Crippen LogP contribution in [0.1, 0.15) is 28.4 Å². The molecule has 1 aromatic rings. The normalized spacial score (nSPS) is 10.9. The number of alkyl halides is 3. The first-order valence-electron chi connectivity index (χ1n) is 4.79. The molecule has 18 heavy (non-hydrogen) atoms. The zero-order valence-electron chi connectivity index (χ0n) is 9.14. The van der Waals surface area contributed by atoms with E-state index in [4.69, 9.17) is 5.26 Å². The van der Waals surface area contributed by atoms with Crippen molar-refractivity contribution in [2.24, 2.45) is 0 Å². The number of esters is 1. The van der Waals surface area contributed by atoms with Gasteiger partial charge in [0.25, 0.3) is 0 Å². The minimum atomic E-state index is -4.91. The molecule has 96 valence electrons. The van der Waals surface area contributed by atoms with Crippen molar-refractivity contribution >= 4 is 5.97 Å². The third kappa shape index (κ3) is 2.59. The summed E-state index contributed by atoms with van der Waals surface area (Å²) in [4.78, 5) is 11.3. The van der Waals surface area contributed by atoms with E-state index in [0.717, 1.165) is 0 Å². The van der Waals surface area contributed by atoms with E-state index < -0.39 is 34.7 Å². The van der Waals surface area contributed by atoms with Crippen LogP contribution < -0.4 is 0 Å². The lowest BCUT2D eigenvalue weighted by molar-refractivity contribution is -0.138. The fourth-order valence-corrected chi connectivity index (χ4v) is 1.30. The largest absolute Gasteiger partial charge is 0.462 e. The van der Waals surface area contributed by atoms with Crippen LogP contribution in [-0.4, -0.2) is 12.6 Å². The molecule has 0 aliphatic carbocycles. The highest BCUT2D eigenvalue weighted by molar-refractivity contribution is 5.92. The second kappa shape index (κ2) is 5.04. The number of carbonyl (C=O) groups is 1. The number of nitrogens with zero attached hydrogens (tertiary/aromatic N) is 1. The Labute approximate surface area is 99.6 Å². The first-order chi connectivity index (χ1) is 8.32. The maximum absolute atomic E-state index is 13.6. The molecule has 0 aliphatic rings. The van der Waals surface area contributed by atoms with Gasteiger partial charge >= 0.3 is 12.1 Å². The third-order valence-electron chi connectivity index (χ3n) is 2.05. The summed E-state index contributed by atoms with van der Waals surface area (Å²) in [6.07, 6.45) is -4.91. The van der Waals surface area contributed by atoms with Crippen molar-refractivity contribution in [1.29, 1.82) is 5.26 Å². The first kappa shape index (κ1) is 14.0. The third-order valence-corrected chi connectivity index (χ3v) is 2.05. The van der Waals surface area contributed by atoms with Crippen molar-refractivity contribution in [3.63, 3.8) is 0 Å². The highest BCUT2D eigenvalue weighted by Gasteiger charge is 2.38. The van der Waals surface area contributed by atoms with Gasteiger partial charge in [-0.1, -0.05) is 0 Å². The van der Waals surface area contributed by atoms with Gasteiger partial charge in [0.15, 0.2) is 5.82 Å². The summed E-state index contributed by atoms with van der Waals surface area (Å²) in [5.41, 5.74) is -3.37. The summed E-state index contributed by atoms with van der Waals surface area (Å²) in [7, 11) is 0. The SMILES string of the molecule is CCOC(=O)c1c(C(F)(F)F)ccc(C#N)c1F. The van der Waals surface area contributed by atoms with E-state index in [1.807, 2.05) is 0 Å². The number of carbonyl (C=O) groups excluding carboxylic acids is 1. The summed E-state index contributed by atoms with van der Waals surface area (Å²) in [5.74, 6) is -2.97. The van der Waals surface area contributed by atoms with E-state index in [1.54, 1.807) is 0 Å². The molecule has 0 atom stereocenters. The fourth-order valence-electron chi connectivity index (χ4n) is 1.30. The number of rotatable bonds is 2. The molecular formula is C11H7F4NO2. The van der Waals surface area contributed by atoms with Crippen molar-refractivity contribution in [3.8, 4) is 6.07 Å². The quantitative estimate of drug-likeness (QED) is 0.607. The molecule has 0 amide bonds. The van der Waals surface area contributed by atoms with Crippen LogP contribution in [0.25, 0.3) is 0 Å². The van der Waals surface area contributed by atoms with E-state index in [2.05, 4.69) is 4.74 Å². The number of hydrogen-bond acceptors (Lipinski definition) is 3. The summed E-state index contributed by atoms with van der Waals surface area (Å²) in [6.45, 7) is 1.17.